The second-order valence-corrected chi connectivity index (χ2v) is 17.0. The van der Waals surface area contributed by atoms with Crippen molar-refractivity contribution < 1.29 is 28.7 Å². The summed E-state index contributed by atoms with van der Waals surface area (Å²) in [6, 6.07) is 16.8. The van der Waals surface area contributed by atoms with Crippen LogP contribution in [0.4, 0.5) is 9.59 Å². The third kappa shape index (κ3) is 8.36. The van der Waals surface area contributed by atoms with Crippen molar-refractivity contribution in [3.8, 4) is 11.1 Å². The number of rotatable bonds is 10. The van der Waals surface area contributed by atoms with Gasteiger partial charge in [0, 0.05) is 42.8 Å². The van der Waals surface area contributed by atoms with Crippen molar-refractivity contribution in [1.29, 1.82) is 0 Å². The third-order valence-electron chi connectivity index (χ3n) is 12.9. The Kier molecular flexibility index (Phi) is 12.5. The number of aliphatic imine (C=N–C) groups is 1. The maximum Gasteiger partial charge on any atom is 0.425 e. The fraction of sp³-hybridized carbons (Fsp3) is 0.511. The molecule has 0 spiro atoms. The number of carbonyl (C=O) groups is 4. The van der Waals surface area contributed by atoms with Gasteiger partial charge in [-0.25, -0.2) is 20.0 Å². The van der Waals surface area contributed by atoms with Crippen molar-refractivity contribution in [3.63, 3.8) is 0 Å². The summed E-state index contributed by atoms with van der Waals surface area (Å²) in [6.07, 6.45) is 11.2. The van der Waals surface area contributed by atoms with E-state index in [9.17, 15) is 19.2 Å². The molecule has 11 heteroatoms. The molecule has 58 heavy (non-hydrogen) atoms. The first-order valence-corrected chi connectivity index (χ1v) is 21.2. The normalized spacial score (nSPS) is 22.2. The number of amides is 4. The summed E-state index contributed by atoms with van der Waals surface area (Å²) < 4.78 is 9.62. The lowest BCUT2D eigenvalue weighted by Crippen LogP contribution is -2.54. The summed E-state index contributed by atoms with van der Waals surface area (Å²) in [5.41, 5.74) is 15.2. The van der Waals surface area contributed by atoms with Gasteiger partial charge in [0.05, 0.1) is 20.3 Å². The number of hydrogen-bond acceptors (Lipinski definition) is 7. The molecule has 2 saturated carbocycles. The number of hydrogen-bond donors (Lipinski definition) is 2. The zero-order valence-corrected chi connectivity index (χ0v) is 34.9. The Balaban J connectivity index is 0.998. The average molecular weight is 790 g/mol. The molecule has 0 unspecified atom stereocenters. The number of fused-ring (bicyclic) bond motifs is 1. The van der Waals surface area contributed by atoms with Crippen LogP contribution in [-0.2, 0) is 19.1 Å². The Morgan fingerprint density at radius 1 is 0.741 bits per heavy atom. The Morgan fingerprint density at radius 2 is 1.38 bits per heavy atom. The Morgan fingerprint density at radius 3 is 2.03 bits per heavy atom. The zero-order chi connectivity index (χ0) is 41.1. The molecule has 308 valence electrons. The molecule has 2 aromatic rings. The van der Waals surface area contributed by atoms with Crippen LogP contribution in [0.1, 0.15) is 109 Å². The number of ether oxygens (including phenoxy) is 2. The summed E-state index contributed by atoms with van der Waals surface area (Å²) in [7, 11) is 2.63. The Bertz CT molecular complexity index is 2030. The molecule has 2 N–H and O–H groups in total. The van der Waals surface area contributed by atoms with E-state index in [1.165, 1.54) is 47.1 Å². The second kappa shape index (κ2) is 17.7. The van der Waals surface area contributed by atoms with E-state index in [0.717, 1.165) is 92.2 Å². The minimum absolute atomic E-state index is 0.0223. The number of methoxy groups -OCH3 is 2. The van der Waals surface area contributed by atoms with Crippen molar-refractivity contribution in [2.24, 2.45) is 22.7 Å². The number of benzene rings is 2. The van der Waals surface area contributed by atoms with Gasteiger partial charge in [0.1, 0.15) is 6.04 Å². The Labute approximate surface area is 343 Å². The first-order chi connectivity index (χ1) is 28.0. The van der Waals surface area contributed by atoms with Gasteiger partial charge in [-0.15, -0.1) is 0 Å². The lowest BCUT2D eigenvalue weighted by molar-refractivity contribution is -0.142. The van der Waals surface area contributed by atoms with Crippen molar-refractivity contribution in [2.45, 2.75) is 116 Å². The van der Waals surface area contributed by atoms with Crippen LogP contribution in [0.25, 0.3) is 22.3 Å². The maximum absolute atomic E-state index is 13.9. The second-order valence-electron chi connectivity index (χ2n) is 17.0. The SMILES string of the molecule is COC(=O)N[C@H](C(=O)N1CCC[C@H]1C1=C2CCCC2=C(c2ccc(-c3ccc(C4=CN=C([C@@H]5CCCC[C@@H]5C(=O)N(NC(=O)OC)C(C)C)C4)cc3)cc2)C1)C(C)C. The van der Waals surface area contributed by atoms with E-state index < -0.39 is 18.2 Å². The highest BCUT2D eigenvalue weighted by Crippen LogP contribution is 2.50. The highest BCUT2D eigenvalue weighted by atomic mass is 16.5. The summed E-state index contributed by atoms with van der Waals surface area (Å²) in [5, 5.41) is 4.21. The monoisotopic (exact) mass is 789 g/mol. The van der Waals surface area contributed by atoms with Gasteiger partial charge in [0.2, 0.25) is 11.8 Å². The molecular weight excluding hydrogens is 731 g/mol. The van der Waals surface area contributed by atoms with Gasteiger partial charge >= 0.3 is 12.2 Å². The molecule has 2 aromatic carbocycles. The van der Waals surface area contributed by atoms with Gasteiger partial charge in [-0.3, -0.25) is 14.6 Å². The summed E-state index contributed by atoms with van der Waals surface area (Å²) in [5.74, 6) is -0.371. The highest BCUT2D eigenvalue weighted by molar-refractivity contribution is 6.02. The highest BCUT2D eigenvalue weighted by Gasteiger charge is 2.42. The minimum Gasteiger partial charge on any atom is -0.453 e. The standard InChI is InChI=1S/C47H59N5O6/c1-28(2)43(49-46(55)57-5)45(54)51-24-10-15-42(51)40-26-39(35-13-9-14-36(35)40)33-22-20-31(21-23-33)30-16-18-32(19-17-30)34-25-41(48-27-34)37-11-7-8-12-38(37)44(53)52(29(3)4)50-47(56)58-6/h16-23,27-29,37-38,42-43H,7-15,24-26H2,1-6H3,(H,49,55)(H,50,56)/t37-,38+,42+,43+/m1/s1. The van der Waals surface area contributed by atoms with Crippen LogP contribution in [0.2, 0.25) is 0 Å². The molecule has 2 heterocycles. The predicted molar refractivity (Wildman–Crippen MR) is 226 cm³/mol. The summed E-state index contributed by atoms with van der Waals surface area (Å²) in [4.78, 5) is 58.7. The molecule has 0 aromatic heterocycles. The van der Waals surface area contributed by atoms with Gasteiger partial charge in [0.15, 0.2) is 0 Å². The first-order valence-electron chi connectivity index (χ1n) is 21.2. The quantitative estimate of drug-likeness (QED) is 0.232. The molecule has 4 amide bonds. The molecule has 7 rings (SSSR count). The van der Waals surface area contributed by atoms with E-state index in [0.29, 0.717) is 13.0 Å². The van der Waals surface area contributed by atoms with Crippen molar-refractivity contribution in [1.82, 2.24) is 20.7 Å². The molecule has 1 saturated heterocycles. The van der Waals surface area contributed by atoms with Gasteiger partial charge in [-0.1, -0.05) is 75.2 Å². The van der Waals surface area contributed by atoms with Crippen LogP contribution in [0, 0.1) is 17.8 Å². The van der Waals surface area contributed by atoms with E-state index in [1.807, 2.05) is 38.8 Å². The minimum atomic E-state index is -0.646. The van der Waals surface area contributed by atoms with Crippen LogP contribution in [-0.4, -0.2) is 78.5 Å². The van der Waals surface area contributed by atoms with E-state index in [1.54, 1.807) is 0 Å². The molecule has 5 aliphatic rings. The van der Waals surface area contributed by atoms with E-state index in [4.69, 9.17) is 14.5 Å². The summed E-state index contributed by atoms with van der Waals surface area (Å²) in [6.45, 7) is 8.39. The number of likely N-dealkylation sites (tertiary alicyclic amines) is 1. The third-order valence-corrected chi connectivity index (χ3v) is 12.9. The lowest BCUT2D eigenvalue weighted by atomic mass is 9.74. The van der Waals surface area contributed by atoms with Gasteiger partial charge < -0.3 is 19.7 Å². The van der Waals surface area contributed by atoms with Crippen molar-refractivity contribution in [3.05, 3.63) is 82.6 Å². The van der Waals surface area contributed by atoms with E-state index in [-0.39, 0.29) is 41.7 Å². The molecular formula is C47H59N5O6. The van der Waals surface area contributed by atoms with Crippen LogP contribution < -0.4 is 10.7 Å². The van der Waals surface area contributed by atoms with E-state index >= 15 is 0 Å². The van der Waals surface area contributed by atoms with Gasteiger partial charge in [-0.2, -0.15) is 0 Å². The molecule has 3 aliphatic carbocycles. The molecule has 0 bridgehead atoms. The van der Waals surface area contributed by atoms with Crippen LogP contribution in [0.3, 0.4) is 0 Å². The van der Waals surface area contributed by atoms with Crippen molar-refractivity contribution >= 4 is 40.9 Å². The molecule has 3 fully saturated rings. The predicted octanol–water partition coefficient (Wildman–Crippen LogP) is 8.86. The smallest absolute Gasteiger partial charge is 0.425 e. The van der Waals surface area contributed by atoms with Crippen LogP contribution >= 0.6 is 0 Å². The van der Waals surface area contributed by atoms with Crippen LogP contribution in [0.5, 0.6) is 0 Å². The lowest BCUT2D eigenvalue weighted by Gasteiger charge is -2.36. The number of alkyl carbamates (subject to hydrolysis) is 1. The fourth-order valence-electron chi connectivity index (χ4n) is 9.88. The van der Waals surface area contributed by atoms with Crippen molar-refractivity contribution in [2.75, 3.05) is 20.8 Å². The maximum atomic E-state index is 13.9. The number of carbonyl (C=O) groups excluding carboxylic acids is 4. The number of nitrogens with one attached hydrogen (secondary N) is 2. The fourth-order valence-corrected chi connectivity index (χ4v) is 9.88. The van der Waals surface area contributed by atoms with Gasteiger partial charge in [0.25, 0.3) is 0 Å². The zero-order valence-electron chi connectivity index (χ0n) is 34.9. The topological polar surface area (TPSA) is 130 Å². The number of allylic oxidation sites excluding steroid dienone is 4. The molecule has 11 nitrogen and oxygen atoms in total. The molecule has 2 aliphatic heterocycles. The largest absolute Gasteiger partial charge is 0.453 e. The Hall–Kier alpha value is -5.19. The molecule has 0 radical (unpaired) electrons. The number of hydrazine groups is 1. The summed E-state index contributed by atoms with van der Waals surface area (Å²) >= 11 is 0. The number of nitrogens with zero attached hydrogens (tertiary/aromatic N) is 3. The van der Waals surface area contributed by atoms with Crippen LogP contribution in [0.15, 0.2) is 76.4 Å². The first kappa shape index (κ1) is 41.0. The molecule has 4 atom stereocenters. The average Bonchev–Trinajstić information content (AvgIpc) is 4.07. The van der Waals surface area contributed by atoms with E-state index in [2.05, 4.69) is 59.3 Å². The van der Waals surface area contributed by atoms with Gasteiger partial charge in [-0.05, 0) is 121 Å².